The third kappa shape index (κ3) is 3.40. The third-order valence-electron chi connectivity index (χ3n) is 0.503. The van der Waals surface area contributed by atoms with Gasteiger partial charge in [-0.1, -0.05) is 24.3 Å². The van der Waals surface area contributed by atoms with Crippen molar-refractivity contribution < 1.29 is 0 Å². The van der Waals surface area contributed by atoms with E-state index in [9.17, 15) is 0 Å². The van der Waals surface area contributed by atoms with Crippen LogP contribution in [-0.4, -0.2) is 7.05 Å². The summed E-state index contributed by atoms with van der Waals surface area (Å²) in [4.78, 5) is 0. The molecule has 0 fully saturated rings. The van der Waals surface area contributed by atoms with E-state index in [-0.39, 0.29) is 0 Å². The Morgan fingerprint density at radius 3 is 2.57 bits per heavy atom. The molecule has 1 N–H and O–H groups in total. The molecule has 0 saturated heterocycles. The first-order valence-corrected chi connectivity index (χ1v) is 2.35. The van der Waals surface area contributed by atoms with E-state index in [1.807, 2.05) is 0 Å². The van der Waals surface area contributed by atoms with E-state index >= 15 is 0 Å². The Balaban J connectivity index is 3.49. The largest absolute Gasteiger partial charge is 0.379 e. The first kappa shape index (κ1) is 6.57. The van der Waals surface area contributed by atoms with Gasteiger partial charge in [0.25, 0.3) is 0 Å². The van der Waals surface area contributed by atoms with Crippen molar-refractivity contribution in [1.29, 1.82) is 0 Å². The minimum absolute atomic E-state index is 0.606. The Bertz CT molecular complexity index is 86.1. The molecule has 0 amide bonds. The van der Waals surface area contributed by atoms with Crippen molar-refractivity contribution in [3.63, 3.8) is 0 Å². The van der Waals surface area contributed by atoms with Gasteiger partial charge in [0.05, 0.1) is 0 Å². The summed E-state index contributed by atoms with van der Waals surface area (Å²) in [6, 6.07) is 0. The van der Waals surface area contributed by atoms with Crippen molar-refractivity contribution in [2.24, 2.45) is 0 Å². The lowest BCUT2D eigenvalue weighted by molar-refractivity contribution is 1.07. The molecular weight excluding hydrogens is 110 g/mol. The van der Waals surface area contributed by atoms with Gasteiger partial charge in [0.15, 0.2) is 0 Å². The molecule has 0 aliphatic heterocycles. The molecule has 0 unspecified atom stereocenters. The van der Waals surface area contributed by atoms with Gasteiger partial charge >= 0.3 is 0 Å². The van der Waals surface area contributed by atoms with Crippen LogP contribution in [0.4, 0.5) is 0 Å². The summed E-state index contributed by atoms with van der Waals surface area (Å²) in [5.41, 5.74) is 0. The van der Waals surface area contributed by atoms with Crippen molar-refractivity contribution in [2.75, 3.05) is 7.05 Å². The number of hydrogen-bond acceptors (Lipinski definition) is 1. The normalized spacial score (nSPS) is 10.9. The number of hydrogen-bond donors (Lipinski definition) is 1. The fourth-order valence-corrected chi connectivity index (χ4v) is 0.276. The van der Waals surface area contributed by atoms with Gasteiger partial charge in [-0.2, -0.15) is 0 Å². The monoisotopic (exact) mass is 117 g/mol. The van der Waals surface area contributed by atoms with Gasteiger partial charge in [0.1, 0.15) is 5.16 Å². The zero-order valence-corrected chi connectivity index (χ0v) is 5.00. The molecule has 0 saturated carbocycles. The number of halogens is 1. The predicted octanol–water partition coefficient (Wildman–Crippen LogP) is 1.47. The summed E-state index contributed by atoms with van der Waals surface area (Å²) < 4.78 is 0. The molecule has 2 heteroatoms. The lowest BCUT2D eigenvalue weighted by Gasteiger charge is -1.88. The molecule has 0 atom stereocenters. The first-order valence-electron chi connectivity index (χ1n) is 1.97. The Morgan fingerprint density at radius 1 is 1.86 bits per heavy atom. The zero-order chi connectivity index (χ0) is 5.70. The molecule has 0 spiro atoms. The lowest BCUT2D eigenvalue weighted by atomic mass is 10.6. The Morgan fingerprint density at radius 2 is 2.43 bits per heavy atom. The minimum atomic E-state index is 0.606. The Hall–Kier alpha value is -0.430. The van der Waals surface area contributed by atoms with E-state index < -0.39 is 0 Å². The maximum atomic E-state index is 5.44. The highest BCUT2D eigenvalue weighted by molar-refractivity contribution is 6.29. The smallest absolute Gasteiger partial charge is 0.101 e. The second-order valence-electron chi connectivity index (χ2n) is 1.00. The highest BCUT2D eigenvalue weighted by atomic mass is 35.5. The molecule has 0 radical (unpaired) electrons. The molecule has 40 valence electrons. The van der Waals surface area contributed by atoms with E-state index in [2.05, 4.69) is 11.9 Å². The molecule has 7 heavy (non-hydrogen) atoms. The molecule has 0 aromatic rings. The summed E-state index contributed by atoms with van der Waals surface area (Å²) in [6.45, 7) is 3.45. The molecule has 1 nitrogen and oxygen atoms in total. The van der Waals surface area contributed by atoms with Crippen LogP contribution in [0.15, 0.2) is 23.9 Å². The fraction of sp³-hybridized carbons (Fsp3) is 0.200. The van der Waals surface area contributed by atoms with Gasteiger partial charge in [-0.25, -0.2) is 0 Å². The molecule has 0 aromatic heterocycles. The highest BCUT2D eigenvalue weighted by Crippen LogP contribution is 1.91. The van der Waals surface area contributed by atoms with Gasteiger partial charge in [0, 0.05) is 7.05 Å². The summed E-state index contributed by atoms with van der Waals surface area (Å²) in [5, 5.41) is 3.33. The van der Waals surface area contributed by atoms with Crippen LogP contribution in [0.3, 0.4) is 0 Å². The molecular formula is C5H8ClN. The molecule has 0 aliphatic carbocycles. The van der Waals surface area contributed by atoms with Gasteiger partial charge in [-0.05, 0) is 6.08 Å². The quantitative estimate of drug-likeness (QED) is 0.427. The van der Waals surface area contributed by atoms with Crippen LogP contribution in [0.5, 0.6) is 0 Å². The van der Waals surface area contributed by atoms with E-state index in [1.54, 1.807) is 19.2 Å². The summed E-state index contributed by atoms with van der Waals surface area (Å²) in [7, 11) is 1.75. The highest BCUT2D eigenvalue weighted by Gasteiger charge is 1.75. The topological polar surface area (TPSA) is 12.0 Å². The van der Waals surface area contributed by atoms with Crippen LogP contribution in [0.2, 0.25) is 0 Å². The molecule has 0 aliphatic rings. The maximum absolute atomic E-state index is 5.44. The molecule has 0 aromatic carbocycles. The fourth-order valence-electron chi connectivity index (χ4n) is 0.187. The van der Waals surface area contributed by atoms with E-state index in [0.29, 0.717) is 5.16 Å². The van der Waals surface area contributed by atoms with Gasteiger partial charge in [-0.15, -0.1) is 0 Å². The van der Waals surface area contributed by atoms with Crippen LogP contribution >= 0.6 is 11.6 Å². The van der Waals surface area contributed by atoms with Crippen molar-refractivity contribution in [3.05, 3.63) is 23.9 Å². The zero-order valence-electron chi connectivity index (χ0n) is 4.24. The third-order valence-corrected chi connectivity index (χ3v) is 0.818. The van der Waals surface area contributed by atoms with Crippen molar-refractivity contribution in [3.8, 4) is 0 Å². The predicted molar refractivity (Wildman–Crippen MR) is 33.2 cm³/mol. The van der Waals surface area contributed by atoms with Gasteiger partial charge in [0.2, 0.25) is 0 Å². The standard InChI is InChI=1S/C5H8ClN/c1-3-4-5(6)7-2/h3-4,7H,1H2,2H3/b5-4-. The van der Waals surface area contributed by atoms with Crippen molar-refractivity contribution in [2.45, 2.75) is 0 Å². The van der Waals surface area contributed by atoms with Crippen LogP contribution in [0.25, 0.3) is 0 Å². The van der Waals surface area contributed by atoms with E-state index in [0.717, 1.165) is 0 Å². The Kier molecular flexibility index (Phi) is 3.52. The van der Waals surface area contributed by atoms with Gasteiger partial charge in [-0.3, -0.25) is 0 Å². The summed E-state index contributed by atoms with van der Waals surface area (Å²) in [5.74, 6) is 0. The van der Waals surface area contributed by atoms with Crippen molar-refractivity contribution >= 4 is 11.6 Å². The first-order chi connectivity index (χ1) is 3.31. The SMILES string of the molecule is C=C/C=C(/Cl)NC. The number of nitrogens with one attached hydrogen (secondary N) is 1. The average molecular weight is 118 g/mol. The summed E-state index contributed by atoms with van der Waals surface area (Å²) in [6.07, 6.45) is 3.31. The second-order valence-corrected chi connectivity index (χ2v) is 1.41. The van der Waals surface area contributed by atoms with Gasteiger partial charge < -0.3 is 5.32 Å². The van der Waals surface area contributed by atoms with Crippen LogP contribution < -0.4 is 5.32 Å². The average Bonchev–Trinajstić information content (AvgIpc) is 1.68. The second kappa shape index (κ2) is 3.75. The summed E-state index contributed by atoms with van der Waals surface area (Å²) >= 11 is 5.44. The van der Waals surface area contributed by atoms with Crippen LogP contribution in [-0.2, 0) is 0 Å². The molecule has 0 rings (SSSR count). The van der Waals surface area contributed by atoms with Crippen molar-refractivity contribution in [1.82, 2.24) is 5.32 Å². The van der Waals surface area contributed by atoms with Crippen LogP contribution in [0, 0.1) is 0 Å². The Labute approximate surface area is 48.7 Å². The van der Waals surface area contributed by atoms with E-state index in [4.69, 9.17) is 11.6 Å². The van der Waals surface area contributed by atoms with Crippen LogP contribution in [0.1, 0.15) is 0 Å². The minimum Gasteiger partial charge on any atom is -0.379 e. The lowest BCUT2D eigenvalue weighted by Crippen LogP contribution is -1.97. The molecule has 0 heterocycles. The molecule has 0 bridgehead atoms. The van der Waals surface area contributed by atoms with E-state index in [1.165, 1.54) is 0 Å². The number of rotatable bonds is 2. The maximum Gasteiger partial charge on any atom is 0.101 e. The number of allylic oxidation sites excluding steroid dienone is 2.